The molecule has 2 rings (SSSR count). The molecule has 0 aromatic heterocycles. The summed E-state index contributed by atoms with van der Waals surface area (Å²) in [5.74, 6) is 0.820. The maximum absolute atomic E-state index is 5.93. The van der Waals surface area contributed by atoms with E-state index in [9.17, 15) is 0 Å². The number of aliphatic imine (C=N–C) groups is 1. The van der Waals surface area contributed by atoms with Crippen molar-refractivity contribution in [1.29, 1.82) is 0 Å². The van der Waals surface area contributed by atoms with Gasteiger partial charge in [0.2, 0.25) is 0 Å². The summed E-state index contributed by atoms with van der Waals surface area (Å²) in [6.07, 6.45) is 7.99. The molecule has 0 heterocycles. The Balaban J connectivity index is 0.00000338. The van der Waals surface area contributed by atoms with E-state index in [2.05, 4.69) is 27.8 Å². The summed E-state index contributed by atoms with van der Waals surface area (Å²) in [6.45, 7) is 3.74. The van der Waals surface area contributed by atoms with E-state index >= 15 is 0 Å². The van der Waals surface area contributed by atoms with Crippen LogP contribution >= 0.6 is 24.0 Å². The van der Waals surface area contributed by atoms with Gasteiger partial charge >= 0.3 is 0 Å². The molecule has 1 aliphatic carbocycles. The number of hydrogen-bond donors (Lipinski definition) is 2. The lowest BCUT2D eigenvalue weighted by molar-refractivity contribution is 0.0277. The molecule has 2 N–H and O–H groups in total. The summed E-state index contributed by atoms with van der Waals surface area (Å²) in [4.78, 5) is 4.23. The minimum atomic E-state index is 0. The molecule has 0 atom stereocenters. The number of ether oxygens (including phenoxy) is 2. The number of nitrogens with zero attached hydrogens (tertiary/aromatic N) is 1. The molecular formula is C20H34IN3O2. The van der Waals surface area contributed by atoms with E-state index in [4.69, 9.17) is 9.47 Å². The van der Waals surface area contributed by atoms with Gasteiger partial charge in [0.1, 0.15) is 0 Å². The Kier molecular flexibility index (Phi) is 13.6. The Hall–Kier alpha value is -0.860. The van der Waals surface area contributed by atoms with Crippen molar-refractivity contribution in [3.05, 3.63) is 35.9 Å². The SMILES string of the molecule is CN=C(NCCCOC1CCCCC1)NCCOCc1ccccc1.I. The summed E-state index contributed by atoms with van der Waals surface area (Å²) < 4.78 is 11.6. The van der Waals surface area contributed by atoms with E-state index in [1.807, 2.05) is 18.2 Å². The zero-order chi connectivity index (χ0) is 17.6. The van der Waals surface area contributed by atoms with E-state index < -0.39 is 0 Å². The molecule has 5 nitrogen and oxygen atoms in total. The van der Waals surface area contributed by atoms with Gasteiger partial charge < -0.3 is 20.1 Å². The smallest absolute Gasteiger partial charge is 0.191 e. The normalized spacial score (nSPS) is 15.3. The van der Waals surface area contributed by atoms with Crippen LogP contribution in [0.5, 0.6) is 0 Å². The molecule has 0 spiro atoms. The van der Waals surface area contributed by atoms with Crippen molar-refractivity contribution in [2.75, 3.05) is 33.4 Å². The van der Waals surface area contributed by atoms with Gasteiger partial charge in [-0.1, -0.05) is 49.6 Å². The summed E-state index contributed by atoms with van der Waals surface area (Å²) in [6, 6.07) is 10.2. The first-order chi connectivity index (χ1) is 12.4. The van der Waals surface area contributed by atoms with Gasteiger partial charge in [-0.25, -0.2) is 0 Å². The fraction of sp³-hybridized carbons (Fsp3) is 0.650. The van der Waals surface area contributed by atoms with Gasteiger partial charge in [0.05, 0.1) is 19.3 Å². The van der Waals surface area contributed by atoms with Gasteiger partial charge in [-0.05, 0) is 24.8 Å². The topological polar surface area (TPSA) is 54.9 Å². The summed E-state index contributed by atoms with van der Waals surface area (Å²) >= 11 is 0. The van der Waals surface area contributed by atoms with Crippen molar-refractivity contribution >= 4 is 29.9 Å². The lowest BCUT2D eigenvalue weighted by Gasteiger charge is -2.22. The highest BCUT2D eigenvalue weighted by atomic mass is 127. The van der Waals surface area contributed by atoms with Crippen molar-refractivity contribution in [1.82, 2.24) is 10.6 Å². The lowest BCUT2D eigenvalue weighted by atomic mass is 9.98. The molecule has 0 unspecified atom stereocenters. The molecule has 1 aromatic rings. The van der Waals surface area contributed by atoms with Gasteiger partial charge in [0.25, 0.3) is 0 Å². The predicted molar refractivity (Wildman–Crippen MR) is 118 cm³/mol. The zero-order valence-corrected chi connectivity index (χ0v) is 18.2. The first-order valence-corrected chi connectivity index (χ1v) is 9.56. The molecule has 1 fully saturated rings. The van der Waals surface area contributed by atoms with Gasteiger partial charge in [-0.15, -0.1) is 24.0 Å². The quantitative estimate of drug-likeness (QED) is 0.235. The number of rotatable bonds is 10. The fourth-order valence-electron chi connectivity index (χ4n) is 2.99. The molecule has 0 saturated heterocycles. The highest BCUT2D eigenvalue weighted by Crippen LogP contribution is 2.20. The first kappa shape index (κ1) is 23.2. The van der Waals surface area contributed by atoms with Crippen molar-refractivity contribution in [2.24, 2.45) is 4.99 Å². The van der Waals surface area contributed by atoms with Crippen molar-refractivity contribution in [3.63, 3.8) is 0 Å². The van der Waals surface area contributed by atoms with E-state index in [0.717, 1.165) is 32.1 Å². The van der Waals surface area contributed by atoms with Crippen LogP contribution in [-0.2, 0) is 16.1 Å². The van der Waals surface area contributed by atoms with Crippen LogP contribution in [0.1, 0.15) is 44.1 Å². The standard InChI is InChI=1S/C20H33N3O2.HI/c1-21-20(22-13-8-15-25-19-11-6-3-7-12-19)23-14-16-24-17-18-9-4-2-5-10-18;/h2,4-5,9-10,19H,3,6-8,11-17H2,1H3,(H2,21,22,23);1H. The van der Waals surface area contributed by atoms with Crippen LogP contribution in [0.15, 0.2) is 35.3 Å². The fourth-order valence-corrected chi connectivity index (χ4v) is 2.99. The Bertz CT molecular complexity index is 479. The second-order valence-electron chi connectivity index (χ2n) is 6.45. The van der Waals surface area contributed by atoms with Crippen molar-refractivity contribution in [2.45, 2.75) is 51.2 Å². The van der Waals surface area contributed by atoms with E-state index in [0.29, 0.717) is 19.3 Å². The lowest BCUT2D eigenvalue weighted by Crippen LogP contribution is -2.39. The zero-order valence-electron chi connectivity index (χ0n) is 15.9. The van der Waals surface area contributed by atoms with Crippen LogP contribution in [0, 0.1) is 0 Å². The number of halogens is 1. The third-order valence-electron chi connectivity index (χ3n) is 4.39. The van der Waals surface area contributed by atoms with E-state index in [1.54, 1.807) is 7.05 Å². The molecule has 1 aliphatic rings. The molecule has 0 bridgehead atoms. The third-order valence-corrected chi connectivity index (χ3v) is 4.39. The van der Waals surface area contributed by atoms with Crippen LogP contribution in [0.3, 0.4) is 0 Å². The van der Waals surface area contributed by atoms with Crippen molar-refractivity contribution < 1.29 is 9.47 Å². The minimum Gasteiger partial charge on any atom is -0.378 e. The summed E-state index contributed by atoms with van der Waals surface area (Å²) in [5.41, 5.74) is 1.20. The second kappa shape index (κ2) is 15.2. The number of benzene rings is 1. The van der Waals surface area contributed by atoms with E-state index in [1.165, 1.54) is 37.7 Å². The number of nitrogens with one attached hydrogen (secondary N) is 2. The molecule has 26 heavy (non-hydrogen) atoms. The number of guanidine groups is 1. The molecule has 1 aromatic carbocycles. The molecule has 1 saturated carbocycles. The average molecular weight is 475 g/mol. The molecule has 6 heteroatoms. The van der Waals surface area contributed by atoms with Crippen molar-refractivity contribution in [3.8, 4) is 0 Å². The van der Waals surface area contributed by atoms with E-state index in [-0.39, 0.29) is 24.0 Å². The summed E-state index contributed by atoms with van der Waals surface area (Å²) in [5, 5.41) is 6.59. The van der Waals surface area contributed by atoms with Gasteiger partial charge in [0.15, 0.2) is 5.96 Å². The van der Waals surface area contributed by atoms with Gasteiger partial charge in [0, 0.05) is 26.7 Å². The monoisotopic (exact) mass is 475 g/mol. The molecule has 0 amide bonds. The van der Waals surface area contributed by atoms with Crippen LogP contribution in [0.2, 0.25) is 0 Å². The van der Waals surface area contributed by atoms with Crippen LogP contribution < -0.4 is 10.6 Å². The second-order valence-corrected chi connectivity index (χ2v) is 6.45. The largest absolute Gasteiger partial charge is 0.378 e. The van der Waals surface area contributed by atoms with Crippen LogP contribution in [-0.4, -0.2) is 45.4 Å². The van der Waals surface area contributed by atoms with Gasteiger partial charge in [-0.2, -0.15) is 0 Å². The molecule has 0 radical (unpaired) electrons. The molecule has 0 aliphatic heterocycles. The number of hydrogen-bond acceptors (Lipinski definition) is 3. The van der Waals surface area contributed by atoms with Gasteiger partial charge in [-0.3, -0.25) is 4.99 Å². The Morgan fingerprint density at radius 1 is 1.04 bits per heavy atom. The highest BCUT2D eigenvalue weighted by molar-refractivity contribution is 14.0. The summed E-state index contributed by atoms with van der Waals surface area (Å²) in [7, 11) is 1.79. The Labute approximate surface area is 175 Å². The first-order valence-electron chi connectivity index (χ1n) is 9.56. The molecule has 148 valence electrons. The third kappa shape index (κ3) is 10.3. The average Bonchev–Trinajstić information content (AvgIpc) is 2.67. The van der Waals surface area contributed by atoms with Crippen LogP contribution in [0.25, 0.3) is 0 Å². The minimum absolute atomic E-state index is 0. The Morgan fingerprint density at radius 3 is 2.50 bits per heavy atom. The maximum atomic E-state index is 5.93. The predicted octanol–water partition coefficient (Wildman–Crippen LogP) is 3.73. The highest BCUT2D eigenvalue weighted by Gasteiger charge is 2.12. The molecular weight excluding hydrogens is 441 g/mol. The Morgan fingerprint density at radius 2 is 1.77 bits per heavy atom. The van der Waals surface area contributed by atoms with Crippen LogP contribution in [0.4, 0.5) is 0 Å². The maximum Gasteiger partial charge on any atom is 0.191 e.